The van der Waals surface area contributed by atoms with Crippen LogP contribution in [0, 0.1) is 18.6 Å². The number of aryl methyl sites for hydroxylation is 1. The van der Waals surface area contributed by atoms with Crippen molar-refractivity contribution in [2.24, 2.45) is 0 Å². The van der Waals surface area contributed by atoms with Crippen LogP contribution in [-0.2, 0) is 0 Å². The van der Waals surface area contributed by atoms with Crippen molar-refractivity contribution in [3.8, 4) is 5.75 Å². The number of hydrogen-bond donors (Lipinski definition) is 1. The third kappa shape index (κ3) is 3.39. The summed E-state index contributed by atoms with van der Waals surface area (Å²) in [5.74, 6) is -1.71. The van der Waals surface area contributed by atoms with E-state index in [1.165, 1.54) is 20.1 Å². The molecule has 1 amide bonds. The van der Waals surface area contributed by atoms with Crippen LogP contribution < -0.4 is 10.1 Å². The number of nitrogens with one attached hydrogen (secondary N) is 1. The lowest BCUT2D eigenvalue weighted by Crippen LogP contribution is -2.15. The molecule has 1 N–H and O–H groups in total. The summed E-state index contributed by atoms with van der Waals surface area (Å²) >= 11 is 3.28. The van der Waals surface area contributed by atoms with E-state index >= 15 is 0 Å². The lowest BCUT2D eigenvalue weighted by atomic mass is 10.1. The molecule has 0 aliphatic rings. The first-order valence-corrected chi connectivity index (χ1v) is 6.82. The zero-order chi connectivity index (χ0) is 15.6. The van der Waals surface area contributed by atoms with Crippen molar-refractivity contribution in [1.82, 2.24) is 0 Å². The molecule has 0 bridgehead atoms. The van der Waals surface area contributed by atoms with Crippen LogP contribution >= 0.6 is 15.9 Å². The van der Waals surface area contributed by atoms with E-state index in [1.54, 1.807) is 18.2 Å². The van der Waals surface area contributed by atoms with Gasteiger partial charge in [-0.1, -0.05) is 0 Å². The van der Waals surface area contributed by atoms with Crippen molar-refractivity contribution < 1.29 is 18.3 Å². The number of ether oxygens (including phenoxy) is 1. The molecule has 0 fully saturated rings. The number of halogens is 3. The fourth-order valence-corrected chi connectivity index (χ4v) is 2.09. The highest BCUT2D eigenvalue weighted by Crippen LogP contribution is 2.28. The van der Waals surface area contributed by atoms with Gasteiger partial charge in [-0.05, 0) is 46.6 Å². The van der Waals surface area contributed by atoms with Gasteiger partial charge < -0.3 is 10.1 Å². The Hall–Kier alpha value is -1.95. The first kappa shape index (κ1) is 15.4. The van der Waals surface area contributed by atoms with E-state index in [2.05, 4.69) is 21.2 Å². The van der Waals surface area contributed by atoms with E-state index in [0.717, 1.165) is 0 Å². The van der Waals surface area contributed by atoms with Gasteiger partial charge in [-0.25, -0.2) is 8.78 Å². The molecule has 0 aliphatic heterocycles. The van der Waals surface area contributed by atoms with Gasteiger partial charge >= 0.3 is 0 Å². The third-order valence-corrected chi connectivity index (χ3v) is 3.61. The molecule has 2 aromatic carbocycles. The molecular weight excluding hydrogens is 344 g/mol. The molecule has 2 rings (SSSR count). The summed E-state index contributed by atoms with van der Waals surface area (Å²) in [4.78, 5) is 12.1. The minimum Gasteiger partial charge on any atom is -0.497 e. The van der Waals surface area contributed by atoms with Gasteiger partial charge in [-0.2, -0.15) is 0 Å². The Labute approximate surface area is 129 Å². The molecule has 110 valence electrons. The van der Waals surface area contributed by atoms with Gasteiger partial charge in [-0.3, -0.25) is 4.79 Å². The van der Waals surface area contributed by atoms with Crippen LogP contribution in [0.2, 0.25) is 0 Å². The number of benzene rings is 2. The van der Waals surface area contributed by atoms with Gasteiger partial charge in [0.1, 0.15) is 17.4 Å². The Morgan fingerprint density at radius 2 is 1.90 bits per heavy atom. The Kier molecular flexibility index (Phi) is 4.57. The van der Waals surface area contributed by atoms with Crippen molar-refractivity contribution in [3.63, 3.8) is 0 Å². The Balaban J connectivity index is 2.32. The maximum Gasteiger partial charge on any atom is 0.258 e. The zero-order valence-electron chi connectivity index (χ0n) is 11.3. The second kappa shape index (κ2) is 6.22. The van der Waals surface area contributed by atoms with Gasteiger partial charge in [0.2, 0.25) is 0 Å². The first-order chi connectivity index (χ1) is 9.92. The Morgan fingerprint density at radius 1 is 1.19 bits per heavy atom. The molecule has 6 heteroatoms. The molecule has 0 radical (unpaired) electrons. The van der Waals surface area contributed by atoms with Crippen molar-refractivity contribution in [2.75, 3.05) is 12.4 Å². The number of rotatable bonds is 3. The molecule has 0 unspecified atom stereocenters. The highest BCUT2D eigenvalue weighted by Gasteiger charge is 2.16. The fourth-order valence-electron chi connectivity index (χ4n) is 1.75. The normalized spacial score (nSPS) is 10.3. The van der Waals surface area contributed by atoms with Crippen LogP contribution in [0.25, 0.3) is 0 Å². The first-order valence-electron chi connectivity index (χ1n) is 6.03. The van der Waals surface area contributed by atoms with Gasteiger partial charge in [0, 0.05) is 16.6 Å². The lowest BCUT2D eigenvalue weighted by Gasteiger charge is -2.10. The minimum absolute atomic E-state index is 0.200. The molecule has 0 aliphatic carbocycles. The van der Waals surface area contributed by atoms with Crippen LogP contribution in [0.4, 0.5) is 14.5 Å². The summed E-state index contributed by atoms with van der Waals surface area (Å²) in [6, 6.07) is 6.87. The van der Waals surface area contributed by atoms with Crippen molar-refractivity contribution in [3.05, 3.63) is 57.6 Å². The van der Waals surface area contributed by atoms with Crippen LogP contribution in [0.5, 0.6) is 5.75 Å². The van der Waals surface area contributed by atoms with Gasteiger partial charge in [0.15, 0.2) is 0 Å². The average molecular weight is 356 g/mol. The summed E-state index contributed by atoms with van der Waals surface area (Å²) in [7, 11) is 1.50. The maximum atomic E-state index is 13.7. The SMILES string of the molecule is COc1ccc(Br)c(NC(=O)c2cc(C)c(F)cc2F)c1. The van der Waals surface area contributed by atoms with Crippen molar-refractivity contribution in [1.29, 1.82) is 0 Å². The second-order valence-electron chi connectivity index (χ2n) is 4.38. The van der Waals surface area contributed by atoms with Gasteiger partial charge in [0.05, 0.1) is 18.4 Å². The van der Waals surface area contributed by atoms with Gasteiger partial charge in [-0.15, -0.1) is 0 Å². The molecule has 2 aromatic rings. The second-order valence-corrected chi connectivity index (χ2v) is 5.24. The standard InChI is InChI=1S/C15H12BrF2NO2/c1-8-5-10(13(18)7-12(8)17)15(20)19-14-6-9(21-2)3-4-11(14)16/h3-7H,1-2H3,(H,19,20). The molecule has 0 spiro atoms. The lowest BCUT2D eigenvalue weighted by molar-refractivity contribution is 0.102. The molecular formula is C15H12BrF2NO2. The van der Waals surface area contributed by atoms with Crippen molar-refractivity contribution >= 4 is 27.5 Å². The molecule has 0 saturated carbocycles. The number of carbonyl (C=O) groups is 1. The van der Waals surface area contributed by atoms with E-state index in [9.17, 15) is 13.6 Å². The summed E-state index contributed by atoms with van der Waals surface area (Å²) in [5.41, 5.74) is 0.413. The zero-order valence-corrected chi connectivity index (χ0v) is 12.9. The quantitative estimate of drug-likeness (QED) is 0.891. The topological polar surface area (TPSA) is 38.3 Å². The highest BCUT2D eigenvalue weighted by atomic mass is 79.9. The number of carbonyl (C=O) groups excluding carboxylic acids is 1. The van der Waals surface area contributed by atoms with Crippen molar-refractivity contribution in [2.45, 2.75) is 6.92 Å². The van der Waals surface area contributed by atoms with Crippen LogP contribution in [-0.4, -0.2) is 13.0 Å². The highest BCUT2D eigenvalue weighted by molar-refractivity contribution is 9.10. The molecule has 3 nitrogen and oxygen atoms in total. The van der Waals surface area contributed by atoms with E-state index < -0.39 is 17.5 Å². The molecule has 21 heavy (non-hydrogen) atoms. The fraction of sp³-hybridized carbons (Fsp3) is 0.133. The largest absolute Gasteiger partial charge is 0.497 e. The monoisotopic (exact) mass is 355 g/mol. The summed E-state index contributed by atoms with van der Waals surface area (Å²) in [5, 5.41) is 2.56. The molecule has 0 heterocycles. The van der Waals surface area contributed by atoms with Crippen LogP contribution in [0.15, 0.2) is 34.8 Å². The molecule has 0 atom stereocenters. The van der Waals surface area contributed by atoms with E-state index in [1.807, 2.05) is 0 Å². The number of anilines is 1. The summed E-state index contributed by atoms with van der Waals surface area (Å²) < 4.78 is 32.6. The summed E-state index contributed by atoms with van der Waals surface area (Å²) in [6.07, 6.45) is 0. The number of hydrogen-bond acceptors (Lipinski definition) is 2. The predicted molar refractivity (Wildman–Crippen MR) is 79.7 cm³/mol. The average Bonchev–Trinajstić information content (AvgIpc) is 2.45. The number of methoxy groups -OCH3 is 1. The van der Waals surface area contributed by atoms with Crippen LogP contribution in [0.3, 0.4) is 0 Å². The minimum atomic E-state index is -0.908. The Bertz CT molecular complexity index is 704. The number of amides is 1. The van der Waals surface area contributed by atoms with E-state index in [0.29, 0.717) is 22.0 Å². The maximum absolute atomic E-state index is 13.7. The predicted octanol–water partition coefficient (Wildman–Crippen LogP) is 4.30. The Morgan fingerprint density at radius 3 is 2.57 bits per heavy atom. The van der Waals surface area contributed by atoms with E-state index in [-0.39, 0.29) is 11.1 Å². The smallest absolute Gasteiger partial charge is 0.258 e. The van der Waals surface area contributed by atoms with Gasteiger partial charge in [0.25, 0.3) is 5.91 Å². The van der Waals surface area contributed by atoms with Crippen LogP contribution in [0.1, 0.15) is 15.9 Å². The molecule has 0 aromatic heterocycles. The third-order valence-electron chi connectivity index (χ3n) is 2.91. The molecule has 0 saturated heterocycles. The summed E-state index contributed by atoms with van der Waals surface area (Å²) in [6.45, 7) is 1.47. The van der Waals surface area contributed by atoms with E-state index in [4.69, 9.17) is 4.74 Å².